The maximum Gasteiger partial charge on any atom is 0.317 e. The number of urea groups is 1. The zero-order valence-electron chi connectivity index (χ0n) is 15.6. The van der Waals surface area contributed by atoms with Crippen LogP contribution in [0.1, 0.15) is 18.4 Å². The van der Waals surface area contributed by atoms with Crippen LogP contribution in [0.2, 0.25) is 0 Å². The second-order valence-corrected chi connectivity index (χ2v) is 6.23. The minimum atomic E-state index is -0.119. The number of carbonyl (C=O) groups is 1. The summed E-state index contributed by atoms with van der Waals surface area (Å²) in [7, 11) is 3.16. The summed E-state index contributed by atoms with van der Waals surface area (Å²) in [5.74, 6) is 1.60. The van der Waals surface area contributed by atoms with Crippen LogP contribution in [0.4, 0.5) is 4.79 Å². The normalized spacial score (nSPS) is 16.5. The molecule has 27 heavy (non-hydrogen) atoms. The first-order valence-corrected chi connectivity index (χ1v) is 8.86. The van der Waals surface area contributed by atoms with E-state index in [0.717, 1.165) is 24.2 Å². The Balaban J connectivity index is 1.51. The van der Waals surface area contributed by atoms with E-state index in [1.54, 1.807) is 18.2 Å². The molecule has 1 atom stereocenters. The van der Waals surface area contributed by atoms with Gasteiger partial charge in [0, 0.05) is 13.1 Å². The van der Waals surface area contributed by atoms with Crippen molar-refractivity contribution >= 4 is 6.03 Å². The van der Waals surface area contributed by atoms with Gasteiger partial charge in [0.25, 0.3) is 0 Å². The van der Waals surface area contributed by atoms with Crippen LogP contribution < -0.4 is 19.5 Å². The first-order chi connectivity index (χ1) is 13.2. The summed E-state index contributed by atoms with van der Waals surface area (Å²) in [6.45, 7) is 1.68. The molecular weight excluding hydrogens is 348 g/mol. The highest BCUT2D eigenvalue weighted by Gasteiger charge is 2.25. The number of ether oxygens (including phenoxy) is 3. The second-order valence-electron chi connectivity index (χ2n) is 6.23. The molecule has 0 radical (unpaired) electrons. The van der Waals surface area contributed by atoms with Crippen LogP contribution in [0.25, 0.3) is 0 Å². The van der Waals surface area contributed by atoms with Crippen molar-refractivity contribution in [2.24, 2.45) is 0 Å². The minimum Gasteiger partial charge on any atom is -0.497 e. The van der Waals surface area contributed by atoms with Crippen LogP contribution in [-0.4, -0.2) is 54.3 Å². The SMILES string of the molecule is COc1ccc(CNC(=O)N2CCC[C@H](Oc3cncc(OC)n3)C2)cc1. The van der Waals surface area contributed by atoms with Crippen molar-refractivity contribution in [1.82, 2.24) is 20.2 Å². The van der Waals surface area contributed by atoms with Gasteiger partial charge in [0.2, 0.25) is 11.8 Å². The van der Waals surface area contributed by atoms with Gasteiger partial charge in [-0.1, -0.05) is 12.1 Å². The molecule has 144 valence electrons. The third-order valence-corrected chi connectivity index (χ3v) is 4.36. The highest BCUT2D eigenvalue weighted by Crippen LogP contribution is 2.18. The topological polar surface area (TPSA) is 85.8 Å². The van der Waals surface area contributed by atoms with Crippen LogP contribution in [-0.2, 0) is 6.54 Å². The third-order valence-electron chi connectivity index (χ3n) is 4.36. The standard InChI is InChI=1S/C19H24N4O4/c1-25-15-7-5-14(6-8-15)10-21-19(24)23-9-3-4-16(13-23)27-18-12-20-11-17(22-18)26-2/h5-8,11-12,16H,3-4,9-10,13H2,1-2H3,(H,21,24)/t16-/m0/s1. The number of piperidine rings is 1. The lowest BCUT2D eigenvalue weighted by Crippen LogP contribution is -2.48. The van der Waals surface area contributed by atoms with Crippen molar-refractivity contribution in [3.8, 4) is 17.5 Å². The number of nitrogens with zero attached hydrogens (tertiary/aromatic N) is 3. The van der Waals surface area contributed by atoms with Gasteiger partial charge >= 0.3 is 6.03 Å². The Hall–Kier alpha value is -3.03. The van der Waals surface area contributed by atoms with Gasteiger partial charge in [0.15, 0.2) is 0 Å². The van der Waals surface area contributed by atoms with Gasteiger partial charge in [-0.05, 0) is 30.5 Å². The van der Waals surface area contributed by atoms with Crippen molar-refractivity contribution in [3.05, 3.63) is 42.2 Å². The van der Waals surface area contributed by atoms with Gasteiger partial charge in [-0.25, -0.2) is 4.79 Å². The number of nitrogens with one attached hydrogen (secondary N) is 1. The Kier molecular flexibility index (Phi) is 6.30. The highest BCUT2D eigenvalue weighted by atomic mass is 16.5. The molecule has 8 heteroatoms. The fraction of sp³-hybridized carbons (Fsp3) is 0.421. The fourth-order valence-corrected chi connectivity index (χ4v) is 2.91. The summed E-state index contributed by atoms with van der Waals surface area (Å²) in [5.41, 5.74) is 1.01. The summed E-state index contributed by atoms with van der Waals surface area (Å²) < 4.78 is 16.1. The maximum atomic E-state index is 12.5. The molecule has 8 nitrogen and oxygen atoms in total. The molecule has 1 aromatic carbocycles. The van der Waals surface area contributed by atoms with E-state index in [1.165, 1.54) is 13.3 Å². The molecule has 0 bridgehead atoms. The Labute approximate surface area is 158 Å². The van der Waals surface area contributed by atoms with Crippen LogP contribution in [0, 0.1) is 0 Å². The molecule has 1 aromatic heterocycles. The molecule has 0 unspecified atom stereocenters. The lowest BCUT2D eigenvalue weighted by Gasteiger charge is -2.32. The number of carbonyl (C=O) groups excluding carboxylic acids is 1. The van der Waals surface area contributed by atoms with Gasteiger partial charge in [0.1, 0.15) is 11.9 Å². The van der Waals surface area contributed by atoms with E-state index >= 15 is 0 Å². The highest BCUT2D eigenvalue weighted by molar-refractivity contribution is 5.74. The Morgan fingerprint density at radius 1 is 1.19 bits per heavy atom. The monoisotopic (exact) mass is 372 g/mol. The smallest absolute Gasteiger partial charge is 0.317 e. The summed E-state index contributed by atoms with van der Waals surface area (Å²) in [4.78, 5) is 22.5. The van der Waals surface area contributed by atoms with Crippen molar-refractivity contribution in [1.29, 1.82) is 0 Å². The van der Waals surface area contributed by atoms with Crippen molar-refractivity contribution in [2.75, 3.05) is 27.3 Å². The number of amides is 2. The Bertz CT molecular complexity index is 754. The molecule has 0 aliphatic carbocycles. The average molecular weight is 372 g/mol. The molecule has 1 aliphatic rings. The van der Waals surface area contributed by atoms with Gasteiger partial charge in [-0.2, -0.15) is 4.98 Å². The molecule has 1 saturated heterocycles. The number of hydrogen-bond donors (Lipinski definition) is 1. The minimum absolute atomic E-state index is 0.101. The molecule has 1 N–H and O–H groups in total. The number of methoxy groups -OCH3 is 2. The molecule has 2 amide bonds. The summed E-state index contributed by atoms with van der Waals surface area (Å²) in [6, 6.07) is 7.52. The molecule has 3 rings (SSSR count). The molecule has 0 saturated carbocycles. The zero-order chi connectivity index (χ0) is 19.1. The maximum absolute atomic E-state index is 12.5. The van der Waals surface area contributed by atoms with E-state index in [4.69, 9.17) is 14.2 Å². The van der Waals surface area contributed by atoms with E-state index in [2.05, 4.69) is 15.3 Å². The van der Waals surface area contributed by atoms with E-state index in [1.807, 2.05) is 24.3 Å². The number of likely N-dealkylation sites (tertiary alicyclic amines) is 1. The first-order valence-electron chi connectivity index (χ1n) is 8.86. The summed E-state index contributed by atoms with van der Waals surface area (Å²) >= 11 is 0. The van der Waals surface area contributed by atoms with Gasteiger partial charge in [0.05, 0.1) is 33.2 Å². The van der Waals surface area contributed by atoms with Gasteiger partial charge in [-0.3, -0.25) is 4.98 Å². The van der Waals surface area contributed by atoms with E-state index in [0.29, 0.717) is 31.4 Å². The summed E-state index contributed by atoms with van der Waals surface area (Å²) in [6.07, 6.45) is 4.68. The van der Waals surface area contributed by atoms with E-state index < -0.39 is 0 Å². The molecule has 2 aromatic rings. The molecule has 2 heterocycles. The quantitative estimate of drug-likeness (QED) is 0.837. The lowest BCUT2D eigenvalue weighted by atomic mass is 10.1. The molecule has 0 spiro atoms. The zero-order valence-corrected chi connectivity index (χ0v) is 15.6. The molecular formula is C19H24N4O4. The Morgan fingerprint density at radius 3 is 2.70 bits per heavy atom. The number of rotatable bonds is 6. The van der Waals surface area contributed by atoms with Gasteiger partial charge in [-0.15, -0.1) is 0 Å². The van der Waals surface area contributed by atoms with E-state index in [9.17, 15) is 4.79 Å². The number of benzene rings is 1. The predicted octanol–water partition coefficient (Wildman–Crippen LogP) is 2.25. The second kappa shape index (κ2) is 9.07. The third kappa shape index (κ3) is 5.22. The average Bonchev–Trinajstić information content (AvgIpc) is 2.72. The number of aromatic nitrogens is 2. The van der Waals surface area contributed by atoms with Crippen LogP contribution in [0.5, 0.6) is 17.5 Å². The van der Waals surface area contributed by atoms with Crippen LogP contribution in [0.3, 0.4) is 0 Å². The Morgan fingerprint density at radius 2 is 1.96 bits per heavy atom. The largest absolute Gasteiger partial charge is 0.497 e. The lowest BCUT2D eigenvalue weighted by molar-refractivity contribution is 0.0968. The summed E-state index contributed by atoms with van der Waals surface area (Å²) in [5, 5.41) is 2.95. The van der Waals surface area contributed by atoms with Gasteiger partial charge < -0.3 is 24.4 Å². The molecule has 1 fully saturated rings. The van der Waals surface area contributed by atoms with Crippen molar-refractivity contribution in [2.45, 2.75) is 25.5 Å². The van der Waals surface area contributed by atoms with Crippen molar-refractivity contribution < 1.29 is 19.0 Å². The fourth-order valence-electron chi connectivity index (χ4n) is 2.91. The number of hydrogen-bond acceptors (Lipinski definition) is 6. The predicted molar refractivity (Wildman–Crippen MR) is 99.0 cm³/mol. The van der Waals surface area contributed by atoms with E-state index in [-0.39, 0.29) is 12.1 Å². The van der Waals surface area contributed by atoms with Crippen LogP contribution in [0.15, 0.2) is 36.7 Å². The first kappa shape index (κ1) is 18.8. The van der Waals surface area contributed by atoms with Crippen LogP contribution >= 0.6 is 0 Å². The van der Waals surface area contributed by atoms with Crippen molar-refractivity contribution in [3.63, 3.8) is 0 Å². The molecule has 1 aliphatic heterocycles.